The number of ether oxygens (including phenoxy) is 3. The molecule has 2 N–H and O–H groups in total. The summed E-state index contributed by atoms with van der Waals surface area (Å²) in [6, 6.07) is 31.3. The van der Waals surface area contributed by atoms with E-state index in [4.69, 9.17) is 14.2 Å². The molecule has 4 aromatic rings. The Morgan fingerprint density at radius 3 is 1.67 bits per heavy atom. The number of benzene rings is 4. The second-order valence-electron chi connectivity index (χ2n) is 9.64. The molecule has 2 amide bonds. The van der Waals surface area contributed by atoms with Gasteiger partial charge in [-0.05, 0) is 41.0 Å². The summed E-state index contributed by atoms with van der Waals surface area (Å²) < 4.78 is 15.6. The zero-order valence-electron chi connectivity index (χ0n) is 23.6. The van der Waals surface area contributed by atoms with Gasteiger partial charge in [0, 0.05) is 12.8 Å². The Bertz CT molecular complexity index is 1490. The summed E-state index contributed by atoms with van der Waals surface area (Å²) in [7, 11) is 1.27. The van der Waals surface area contributed by atoms with Crippen LogP contribution in [0, 0.1) is 0 Å². The quantitative estimate of drug-likeness (QED) is 0.185. The van der Waals surface area contributed by atoms with Gasteiger partial charge in [-0.1, -0.05) is 91.0 Å². The maximum Gasteiger partial charge on any atom is 0.408 e. The van der Waals surface area contributed by atoms with E-state index in [1.807, 2.05) is 91.0 Å². The average molecular weight is 581 g/mol. The van der Waals surface area contributed by atoms with Crippen LogP contribution in [0.4, 0.5) is 4.79 Å². The summed E-state index contributed by atoms with van der Waals surface area (Å²) in [5.74, 6) is -1.63. The molecular formula is C34H32N2O7. The summed E-state index contributed by atoms with van der Waals surface area (Å²) in [6.07, 6.45) is -0.468. The van der Waals surface area contributed by atoms with Crippen molar-refractivity contribution in [2.45, 2.75) is 31.5 Å². The summed E-state index contributed by atoms with van der Waals surface area (Å²) in [5.41, 5.74) is 2.69. The highest BCUT2D eigenvalue weighted by atomic mass is 16.5. The minimum atomic E-state index is -1.09. The van der Waals surface area contributed by atoms with Gasteiger partial charge in [-0.25, -0.2) is 14.4 Å². The minimum absolute atomic E-state index is 0.0318. The van der Waals surface area contributed by atoms with Crippen LogP contribution in [0.15, 0.2) is 115 Å². The molecule has 0 aromatic heterocycles. The molecule has 4 aromatic carbocycles. The smallest absolute Gasteiger partial charge is 0.408 e. The first-order valence-electron chi connectivity index (χ1n) is 13.7. The number of hydrogen-bond acceptors (Lipinski definition) is 7. The third kappa shape index (κ3) is 9.57. The Hall–Kier alpha value is -5.44. The Kier molecular flexibility index (Phi) is 11.0. The SMILES string of the molecule is COC(=O)c1ccc(OC(=O)[C@H](Cc2ccccc2)NC(=O)[C@@H](Cc2ccccc2)NC(=O)OCc2ccccc2)cc1. The maximum absolute atomic E-state index is 13.6. The van der Waals surface area contributed by atoms with Crippen LogP contribution in [-0.2, 0) is 38.5 Å². The highest BCUT2D eigenvalue weighted by Gasteiger charge is 2.29. The molecule has 9 heteroatoms. The number of hydrogen-bond donors (Lipinski definition) is 2. The van der Waals surface area contributed by atoms with E-state index in [-0.39, 0.29) is 25.2 Å². The number of methoxy groups -OCH3 is 1. The zero-order chi connectivity index (χ0) is 30.4. The summed E-state index contributed by atoms with van der Waals surface area (Å²) in [4.78, 5) is 51.5. The Labute approximate surface area is 249 Å². The number of nitrogens with one attached hydrogen (secondary N) is 2. The van der Waals surface area contributed by atoms with Crippen molar-refractivity contribution < 1.29 is 33.4 Å². The number of rotatable bonds is 12. The lowest BCUT2D eigenvalue weighted by Gasteiger charge is -2.23. The molecule has 4 rings (SSSR count). The predicted molar refractivity (Wildman–Crippen MR) is 159 cm³/mol. The minimum Gasteiger partial charge on any atom is -0.465 e. The van der Waals surface area contributed by atoms with Gasteiger partial charge in [0.15, 0.2) is 0 Å². The number of alkyl carbamates (subject to hydrolysis) is 1. The van der Waals surface area contributed by atoms with E-state index in [9.17, 15) is 19.2 Å². The zero-order valence-corrected chi connectivity index (χ0v) is 23.6. The maximum atomic E-state index is 13.6. The Balaban J connectivity index is 1.50. The third-order valence-electron chi connectivity index (χ3n) is 6.48. The van der Waals surface area contributed by atoms with Gasteiger partial charge >= 0.3 is 18.0 Å². The molecule has 0 saturated carbocycles. The first-order chi connectivity index (χ1) is 20.9. The molecule has 0 aliphatic rings. The number of carbonyl (C=O) groups excluding carboxylic acids is 4. The van der Waals surface area contributed by atoms with Gasteiger partial charge in [0.25, 0.3) is 0 Å². The molecule has 0 unspecified atom stereocenters. The molecule has 0 radical (unpaired) electrons. The second kappa shape index (κ2) is 15.5. The van der Waals surface area contributed by atoms with Gasteiger partial charge in [-0.3, -0.25) is 4.79 Å². The van der Waals surface area contributed by atoms with E-state index in [0.717, 1.165) is 16.7 Å². The molecule has 0 aliphatic carbocycles. The fraction of sp³-hybridized carbons (Fsp3) is 0.176. The van der Waals surface area contributed by atoms with Gasteiger partial charge in [0.1, 0.15) is 24.4 Å². The number of amides is 2. The van der Waals surface area contributed by atoms with Crippen LogP contribution in [0.25, 0.3) is 0 Å². The van der Waals surface area contributed by atoms with E-state index in [1.54, 1.807) is 0 Å². The molecular weight excluding hydrogens is 548 g/mol. The Morgan fingerprint density at radius 1 is 0.628 bits per heavy atom. The molecule has 220 valence electrons. The third-order valence-corrected chi connectivity index (χ3v) is 6.48. The fourth-order valence-electron chi connectivity index (χ4n) is 4.25. The van der Waals surface area contributed by atoms with Crippen molar-refractivity contribution in [1.29, 1.82) is 0 Å². The van der Waals surface area contributed by atoms with Crippen LogP contribution in [-0.4, -0.2) is 43.1 Å². The van der Waals surface area contributed by atoms with Gasteiger partial charge in [0.05, 0.1) is 12.7 Å². The van der Waals surface area contributed by atoms with E-state index < -0.39 is 36.0 Å². The van der Waals surface area contributed by atoms with Gasteiger partial charge in [-0.2, -0.15) is 0 Å². The van der Waals surface area contributed by atoms with Crippen LogP contribution < -0.4 is 15.4 Å². The van der Waals surface area contributed by atoms with Crippen molar-refractivity contribution in [2.24, 2.45) is 0 Å². The summed E-state index contributed by atoms with van der Waals surface area (Å²) in [5, 5.41) is 5.41. The van der Waals surface area contributed by atoms with Crippen molar-refractivity contribution >= 4 is 23.9 Å². The van der Waals surface area contributed by atoms with Gasteiger partial charge < -0.3 is 24.8 Å². The average Bonchev–Trinajstić information content (AvgIpc) is 3.04. The predicted octanol–water partition coefficient (Wildman–Crippen LogP) is 4.64. The van der Waals surface area contributed by atoms with Crippen LogP contribution >= 0.6 is 0 Å². The molecule has 0 bridgehead atoms. The van der Waals surface area contributed by atoms with Crippen LogP contribution in [0.1, 0.15) is 27.0 Å². The molecule has 0 saturated heterocycles. The van der Waals surface area contributed by atoms with Crippen molar-refractivity contribution in [3.8, 4) is 5.75 Å². The normalized spacial score (nSPS) is 11.8. The summed E-state index contributed by atoms with van der Waals surface area (Å²) in [6.45, 7) is 0.0318. The molecule has 0 spiro atoms. The van der Waals surface area contributed by atoms with Crippen molar-refractivity contribution in [3.63, 3.8) is 0 Å². The molecule has 2 atom stereocenters. The number of carbonyl (C=O) groups is 4. The van der Waals surface area contributed by atoms with E-state index in [0.29, 0.717) is 5.56 Å². The monoisotopic (exact) mass is 580 g/mol. The van der Waals surface area contributed by atoms with Crippen LogP contribution in [0.3, 0.4) is 0 Å². The van der Waals surface area contributed by atoms with E-state index in [2.05, 4.69) is 10.6 Å². The van der Waals surface area contributed by atoms with Crippen molar-refractivity contribution in [2.75, 3.05) is 7.11 Å². The van der Waals surface area contributed by atoms with Gasteiger partial charge in [0.2, 0.25) is 5.91 Å². The lowest BCUT2D eigenvalue weighted by Crippen LogP contribution is -2.53. The van der Waals surface area contributed by atoms with Crippen molar-refractivity contribution in [1.82, 2.24) is 10.6 Å². The highest BCUT2D eigenvalue weighted by molar-refractivity contribution is 5.91. The second-order valence-corrected chi connectivity index (χ2v) is 9.64. The standard InChI is InChI=1S/C34H32N2O7/c1-41-32(38)27-17-19-28(20-18-27)43-33(39)30(22-25-13-7-3-8-14-25)35-31(37)29(21-24-11-5-2-6-12-24)36-34(40)42-23-26-15-9-4-10-16-26/h2-20,29-30H,21-23H2,1H3,(H,35,37)(H,36,40)/t29-,30+/m1/s1. The Morgan fingerprint density at radius 2 is 1.14 bits per heavy atom. The molecule has 0 fully saturated rings. The molecule has 43 heavy (non-hydrogen) atoms. The lowest BCUT2D eigenvalue weighted by molar-refractivity contribution is -0.139. The molecule has 0 aliphatic heterocycles. The van der Waals surface area contributed by atoms with Crippen LogP contribution in [0.5, 0.6) is 5.75 Å². The van der Waals surface area contributed by atoms with E-state index in [1.165, 1.54) is 31.4 Å². The van der Waals surface area contributed by atoms with Crippen molar-refractivity contribution in [3.05, 3.63) is 138 Å². The first kappa shape index (κ1) is 30.5. The van der Waals surface area contributed by atoms with Crippen LogP contribution in [0.2, 0.25) is 0 Å². The fourth-order valence-corrected chi connectivity index (χ4v) is 4.25. The van der Waals surface area contributed by atoms with E-state index >= 15 is 0 Å². The molecule has 9 nitrogen and oxygen atoms in total. The van der Waals surface area contributed by atoms with Gasteiger partial charge in [-0.15, -0.1) is 0 Å². The largest absolute Gasteiger partial charge is 0.465 e. The lowest BCUT2D eigenvalue weighted by atomic mass is 10.0. The molecule has 0 heterocycles. The topological polar surface area (TPSA) is 120 Å². The highest BCUT2D eigenvalue weighted by Crippen LogP contribution is 2.15. The summed E-state index contributed by atoms with van der Waals surface area (Å²) >= 11 is 0. The number of esters is 2. The first-order valence-corrected chi connectivity index (χ1v) is 13.7.